The van der Waals surface area contributed by atoms with Gasteiger partial charge in [0.2, 0.25) is 0 Å². The Morgan fingerprint density at radius 2 is 1.94 bits per heavy atom. The zero-order valence-electron chi connectivity index (χ0n) is 10.6. The van der Waals surface area contributed by atoms with Crippen molar-refractivity contribution < 1.29 is 28.4 Å². The number of nitrogens with zero attached hydrogens (tertiary/aromatic N) is 1. The molecule has 0 saturated carbocycles. The van der Waals surface area contributed by atoms with Crippen LogP contribution in [0.2, 0.25) is 0 Å². The Hall–Kier alpha value is 0.464. The van der Waals surface area contributed by atoms with E-state index < -0.39 is 0 Å². The Morgan fingerprint density at radius 3 is 2.44 bits per heavy atom. The van der Waals surface area contributed by atoms with E-state index in [9.17, 15) is 0 Å². The van der Waals surface area contributed by atoms with E-state index in [0.717, 1.165) is 25.2 Å². The molecule has 0 unspecified atom stereocenters. The topological polar surface area (TPSA) is 32.7 Å². The normalized spacial score (nSPS) is 18.8. The third-order valence-corrected chi connectivity index (χ3v) is 2.81. The second-order valence-corrected chi connectivity index (χ2v) is 4.84. The van der Waals surface area contributed by atoms with Crippen LogP contribution in [-0.2, 0) is 23.3 Å². The van der Waals surface area contributed by atoms with Crippen molar-refractivity contribution in [1.82, 2.24) is 4.90 Å². The number of aliphatic hydroxyl groups excluding tert-OH is 1. The molecule has 3 nitrogen and oxygen atoms in total. The molecular formula is C12H25NO2V. The standard InChI is InChI=1S/C12H25NO2.V/c1-11(2)10-13-6-4-12(5-7-13)15-9-3-8-14;/h11-12,14H,3-10H2,1-2H3;. The van der Waals surface area contributed by atoms with Crippen LogP contribution in [0.3, 0.4) is 0 Å². The van der Waals surface area contributed by atoms with Crippen LogP contribution >= 0.6 is 0 Å². The molecule has 1 aliphatic heterocycles. The first-order valence-electron chi connectivity index (χ1n) is 6.17. The molecule has 0 aromatic carbocycles. The molecule has 1 saturated heterocycles. The van der Waals surface area contributed by atoms with Crippen molar-refractivity contribution in [2.75, 3.05) is 32.8 Å². The smallest absolute Gasteiger partial charge is 0.0599 e. The Bertz CT molecular complexity index is 159. The number of hydrogen-bond donors (Lipinski definition) is 1. The van der Waals surface area contributed by atoms with Crippen LogP contribution in [0.5, 0.6) is 0 Å². The van der Waals surface area contributed by atoms with Crippen molar-refractivity contribution in [2.45, 2.75) is 39.2 Å². The molecule has 0 amide bonds. The maximum absolute atomic E-state index is 8.65. The average molecular weight is 266 g/mol. The summed E-state index contributed by atoms with van der Waals surface area (Å²) in [5.74, 6) is 0.761. The zero-order chi connectivity index (χ0) is 11.1. The summed E-state index contributed by atoms with van der Waals surface area (Å²) in [5, 5.41) is 8.65. The summed E-state index contributed by atoms with van der Waals surface area (Å²) in [7, 11) is 0. The second-order valence-electron chi connectivity index (χ2n) is 4.84. The molecule has 1 radical (unpaired) electrons. The van der Waals surface area contributed by atoms with E-state index in [1.807, 2.05) is 0 Å². The minimum Gasteiger partial charge on any atom is -0.396 e. The number of aliphatic hydroxyl groups is 1. The predicted molar refractivity (Wildman–Crippen MR) is 62.0 cm³/mol. The number of ether oxygens (including phenoxy) is 1. The number of piperidine rings is 1. The fraction of sp³-hybridized carbons (Fsp3) is 1.00. The molecular weight excluding hydrogens is 241 g/mol. The molecule has 1 rings (SSSR count). The molecule has 0 bridgehead atoms. The van der Waals surface area contributed by atoms with Crippen LogP contribution in [0, 0.1) is 5.92 Å². The zero-order valence-corrected chi connectivity index (χ0v) is 12.0. The molecule has 16 heavy (non-hydrogen) atoms. The van der Waals surface area contributed by atoms with Crippen LogP contribution in [0.15, 0.2) is 0 Å². The molecule has 0 aromatic heterocycles. The quantitative estimate of drug-likeness (QED) is 0.740. The van der Waals surface area contributed by atoms with Crippen molar-refractivity contribution in [1.29, 1.82) is 0 Å². The van der Waals surface area contributed by atoms with E-state index in [4.69, 9.17) is 9.84 Å². The van der Waals surface area contributed by atoms with E-state index >= 15 is 0 Å². The van der Waals surface area contributed by atoms with Crippen LogP contribution < -0.4 is 0 Å². The van der Waals surface area contributed by atoms with Gasteiger partial charge in [0.05, 0.1) is 6.10 Å². The molecule has 95 valence electrons. The van der Waals surface area contributed by atoms with Crippen molar-refractivity contribution >= 4 is 0 Å². The van der Waals surface area contributed by atoms with E-state index in [1.54, 1.807) is 0 Å². The van der Waals surface area contributed by atoms with Gasteiger partial charge in [0.25, 0.3) is 0 Å². The fourth-order valence-corrected chi connectivity index (χ4v) is 2.09. The average Bonchev–Trinajstić information content (AvgIpc) is 2.20. The van der Waals surface area contributed by atoms with E-state index in [0.29, 0.717) is 12.7 Å². The first kappa shape index (κ1) is 16.5. The Labute approximate surface area is 111 Å². The summed E-state index contributed by atoms with van der Waals surface area (Å²) in [5.41, 5.74) is 0. The molecule has 0 aromatic rings. The van der Waals surface area contributed by atoms with Gasteiger partial charge >= 0.3 is 0 Å². The van der Waals surface area contributed by atoms with E-state index in [-0.39, 0.29) is 25.2 Å². The van der Waals surface area contributed by atoms with Gasteiger partial charge in [-0.05, 0) is 25.2 Å². The van der Waals surface area contributed by atoms with Gasteiger partial charge < -0.3 is 14.7 Å². The molecule has 1 heterocycles. The van der Waals surface area contributed by atoms with Gasteiger partial charge in [-0.25, -0.2) is 0 Å². The minimum atomic E-state index is 0. The monoisotopic (exact) mass is 266 g/mol. The largest absolute Gasteiger partial charge is 0.396 e. The first-order valence-corrected chi connectivity index (χ1v) is 6.17. The van der Waals surface area contributed by atoms with E-state index in [2.05, 4.69) is 18.7 Å². The van der Waals surface area contributed by atoms with Gasteiger partial charge in [0.1, 0.15) is 0 Å². The minimum absolute atomic E-state index is 0. The molecule has 0 aliphatic carbocycles. The third-order valence-electron chi connectivity index (χ3n) is 2.81. The van der Waals surface area contributed by atoms with Gasteiger partial charge in [0, 0.05) is 51.4 Å². The molecule has 0 atom stereocenters. The van der Waals surface area contributed by atoms with Crippen LogP contribution in [0.25, 0.3) is 0 Å². The van der Waals surface area contributed by atoms with Crippen LogP contribution in [-0.4, -0.2) is 49.0 Å². The van der Waals surface area contributed by atoms with Crippen molar-refractivity contribution in [3.63, 3.8) is 0 Å². The van der Waals surface area contributed by atoms with E-state index in [1.165, 1.54) is 19.6 Å². The predicted octanol–water partition coefficient (Wildman–Crippen LogP) is 1.50. The van der Waals surface area contributed by atoms with Crippen LogP contribution in [0.1, 0.15) is 33.1 Å². The van der Waals surface area contributed by atoms with Crippen molar-refractivity contribution in [2.24, 2.45) is 5.92 Å². The van der Waals surface area contributed by atoms with Gasteiger partial charge in [-0.1, -0.05) is 13.8 Å². The Kier molecular flexibility index (Phi) is 9.77. The Morgan fingerprint density at radius 1 is 1.31 bits per heavy atom. The van der Waals surface area contributed by atoms with Gasteiger partial charge in [-0.15, -0.1) is 0 Å². The van der Waals surface area contributed by atoms with Crippen LogP contribution in [0.4, 0.5) is 0 Å². The second kappa shape index (κ2) is 9.49. The molecule has 0 spiro atoms. The van der Waals surface area contributed by atoms with Gasteiger partial charge in [-0.3, -0.25) is 0 Å². The van der Waals surface area contributed by atoms with Crippen molar-refractivity contribution in [3.05, 3.63) is 0 Å². The number of hydrogen-bond acceptors (Lipinski definition) is 3. The van der Waals surface area contributed by atoms with Gasteiger partial charge in [0.15, 0.2) is 0 Å². The summed E-state index contributed by atoms with van der Waals surface area (Å²) in [6, 6.07) is 0. The summed E-state index contributed by atoms with van der Waals surface area (Å²) in [6.07, 6.45) is 3.50. The fourth-order valence-electron chi connectivity index (χ4n) is 2.09. The summed E-state index contributed by atoms with van der Waals surface area (Å²) in [4.78, 5) is 2.52. The number of rotatable bonds is 6. The molecule has 1 N–H and O–H groups in total. The summed E-state index contributed by atoms with van der Waals surface area (Å²) in [6.45, 7) is 9.04. The maximum Gasteiger partial charge on any atom is 0.0599 e. The maximum atomic E-state index is 8.65. The third kappa shape index (κ3) is 6.92. The van der Waals surface area contributed by atoms with Crippen molar-refractivity contribution in [3.8, 4) is 0 Å². The first-order chi connectivity index (χ1) is 7.22. The number of likely N-dealkylation sites (tertiary alicyclic amines) is 1. The SMILES string of the molecule is CC(C)CN1CCC(OCCCO)CC1.[V]. The molecule has 1 aliphatic rings. The summed E-state index contributed by atoms with van der Waals surface area (Å²) >= 11 is 0. The summed E-state index contributed by atoms with van der Waals surface area (Å²) < 4.78 is 5.69. The van der Waals surface area contributed by atoms with Gasteiger partial charge in [-0.2, -0.15) is 0 Å². The Balaban J connectivity index is 0.00000225. The molecule has 1 fully saturated rings. The molecule has 4 heteroatoms.